The number of nitrogens with zero attached hydrogens (tertiary/aromatic N) is 2. The minimum absolute atomic E-state index is 0.132. The highest BCUT2D eigenvalue weighted by atomic mass is 16.5. The van der Waals surface area contributed by atoms with Crippen molar-refractivity contribution in [1.82, 2.24) is 9.80 Å². The molecule has 4 aromatic rings. The Balaban J connectivity index is 1.39. The summed E-state index contributed by atoms with van der Waals surface area (Å²) in [5.74, 6) is -7.29. The molecule has 0 aromatic heterocycles. The fraction of sp³-hybridized carbons (Fsp3) is 0.300. The van der Waals surface area contributed by atoms with Crippen LogP contribution in [0.5, 0.6) is 23.0 Å². The average molecular weight is 679 g/mol. The molecule has 0 radical (unpaired) electrons. The molecule has 0 aliphatic heterocycles. The third-order valence-corrected chi connectivity index (χ3v) is 8.80. The van der Waals surface area contributed by atoms with Crippen LogP contribution < -0.4 is 9.47 Å². The monoisotopic (exact) mass is 678 g/mol. The van der Waals surface area contributed by atoms with E-state index in [1.54, 1.807) is 36.4 Å². The van der Waals surface area contributed by atoms with Gasteiger partial charge in [-0.15, -0.1) is 0 Å². The van der Waals surface area contributed by atoms with E-state index < -0.39 is 47.4 Å². The molecule has 10 heteroatoms. The summed E-state index contributed by atoms with van der Waals surface area (Å²) in [6.45, 7) is 4.63. The molecule has 4 atom stereocenters. The molecule has 0 bridgehead atoms. The van der Waals surface area contributed by atoms with E-state index in [9.17, 15) is 29.4 Å². The first kappa shape index (κ1) is 35.7. The number of amides is 2. The van der Waals surface area contributed by atoms with Gasteiger partial charge in [-0.05, 0) is 72.5 Å². The maximum Gasteiger partial charge on any atom is 0.308 e. The Morgan fingerprint density at radius 3 is 1.22 bits per heavy atom. The zero-order valence-corrected chi connectivity index (χ0v) is 28.2. The molecule has 1 saturated carbocycles. The summed E-state index contributed by atoms with van der Waals surface area (Å²) in [5.41, 5.74) is 1.49. The molecule has 0 saturated heterocycles. The number of benzene rings is 4. The van der Waals surface area contributed by atoms with Crippen molar-refractivity contribution in [3.8, 4) is 23.0 Å². The van der Waals surface area contributed by atoms with E-state index in [0.29, 0.717) is 35.8 Å². The van der Waals surface area contributed by atoms with Crippen LogP contribution in [-0.4, -0.2) is 56.9 Å². The molecule has 2 N–H and O–H groups in total. The number of carboxylic acid groups (broad SMARTS) is 2. The van der Waals surface area contributed by atoms with Crippen LogP contribution >= 0.6 is 0 Å². The van der Waals surface area contributed by atoms with E-state index >= 15 is 0 Å². The minimum atomic E-state index is -1.55. The second-order valence-corrected chi connectivity index (χ2v) is 12.4. The van der Waals surface area contributed by atoms with E-state index in [2.05, 4.69) is 0 Å². The van der Waals surface area contributed by atoms with Crippen molar-refractivity contribution in [2.45, 2.75) is 39.8 Å². The van der Waals surface area contributed by atoms with Crippen LogP contribution in [0.4, 0.5) is 0 Å². The van der Waals surface area contributed by atoms with E-state index in [1.807, 2.05) is 86.6 Å². The van der Waals surface area contributed by atoms with Gasteiger partial charge in [0, 0.05) is 26.2 Å². The van der Waals surface area contributed by atoms with Gasteiger partial charge in [0.2, 0.25) is 11.8 Å². The Labute approximate surface area is 291 Å². The van der Waals surface area contributed by atoms with Crippen molar-refractivity contribution in [2.75, 3.05) is 13.1 Å². The van der Waals surface area contributed by atoms with Gasteiger partial charge in [0.25, 0.3) is 0 Å². The zero-order valence-electron chi connectivity index (χ0n) is 28.2. The van der Waals surface area contributed by atoms with Crippen molar-refractivity contribution in [1.29, 1.82) is 0 Å². The van der Waals surface area contributed by atoms with Crippen molar-refractivity contribution < 1.29 is 38.9 Å². The number of carboxylic acids is 2. The molecule has 0 heterocycles. The Morgan fingerprint density at radius 1 is 0.520 bits per heavy atom. The Morgan fingerprint density at radius 2 is 0.880 bits per heavy atom. The maximum atomic E-state index is 14.3. The van der Waals surface area contributed by atoms with Gasteiger partial charge in [0.15, 0.2) is 0 Å². The highest BCUT2D eigenvalue weighted by Crippen LogP contribution is 2.49. The van der Waals surface area contributed by atoms with Crippen LogP contribution in [0.1, 0.15) is 37.8 Å². The lowest BCUT2D eigenvalue weighted by atomic mass is 9.55. The van der Waals surface area contributed by atoms with Gasteiger partial charge in [-0.2, -0.15) is 0 Å². The zero-order chi connectivity index (χ0) is 35.6. The fourth-order valence-electron chi connectivity index (χ4n) is 6.58. The quantitative estimate of drug-likeness (QED) is 0.128. The van der Waals surface area contributed by atoms with Gasteiger partial charge in [-0.25, -0.2) is 0 Å². The average Bonchev–Trinajstić information content (AvgIpc) is 3.08. The van der Waals surface area contributed by atoms with Crippen molar-refractivity contribution in [3.63, 3.8) is 0 Å². The normalized spacial score (nSPS) is 18.0. The highest BCUT2D eigenvalue weighted by molar-refractivity contribution is 5.99. The molecule has 1 fully saturated rings. The summed E-state index contributed by atoms with van der Waals surface area (Å²) in [7, 11) is 0. The third-order valence-electron chi connectivity index (χ3n) is 8.80. The van der Waals surface area contributed by atoms with Gasteiger partial charge in [0.1, 0.15) is 23.0 Å². The summed E-state index contributed by atoms with van der Waals surface area (Å²) in [4.78, 5) is 56.7. The smallest absolute Gasteiger partial charge is 0.308 e. The van der Waals surface area contributed by atoms with E-state index in [1.165, 1.54) is 9.80 Å². The van der Waals surface area contributed by atoms with Crippen LogP contribution in [0.3, 0.4) is 0 Å². The number of carbonyl (C=O) groups is 4. The first-order valence-corrected chi connectivity index (χ1v) is 16.9. The number of rotatable bonds is 16. The fourth-order valence-corrected chi connectivity index (χ4v) is 6.58. The van der Waals surface area contributed by atoms with E-state index in [-0.39, 0.29) is 26.2 Å². The number of para-hydroxylation sites is 2. The van der Waals surface area contributed by atoms with Gasteiger partial charge in [0.05, 0.1) is 23.7 Å². The van der Waals surface area contributed by atoms with Gasteiger partial charge in [-0.3, -0.25) is 19.2 Å². The molecule has 50 heavy (non-hydrogen) atoms. The molecule has 0 unspecified atom stereocenters. The Bertz CT molecular complexity index is 1650. The Kier molecular flexibility index (Phi) is 11.9. The second-order valence-electron chi connectivity index (χ2n) is 12.4. The molecule has 10 nitrogen and oxygen atoms in total. The first-order chi connectivity index (χ1) is 24.2. The minimum Gasteiger partial charge on any atom is -0.481 e. The van der Waals surface area contributed by atoms with Gasteiger partial charge in [-0.1, -0.05) is 74.5 Å². The van der Waals surface area contributed by atoms with Crippen molar-refractivity contribution in [2.24, 2.45) is 23.7 Å². The topological polar surface area (TPSA) is 134 Å². The number of hydrogen-bond donors (Lipinski definition) is 2. The summed E-state index contributed by atoms with van der Waals surface area (Å²) in [6.07, 6.45) is 1.14. The molecular weight excluding hydrogens is 636 g/mol. The molecule has 1 aliphatic carbocycles. The van der Waals surface area contributed by atoms with E-state index in [0.717, 1.165) is 11.1 Å². The van der Waals surface area contributed by atoms with E-state index in [4.69, 9.17) is 9.47 Å². The van der Waals surface area contributed by atoms with Crippen LogP contribution in [0, 0.1) is 23.7 Å². The summed E-state index contributed by atoms with van der Waals surface area (Å²) in [5, 5.41) is 20.4. The lowest BCUT2D eigenvalue weighted by Gasteiger charge is -2.48. The number of aliphatic carboxylic acids is 2. The van der Waals surface area contributed by atoms with Crippen LogP contribution in [0.15, 0.2) is 109 Å². The SMILES string of the molecule is CCCN(Cc1cccc(Oc2ccccc2)c1)C(=O)[C@H]1[C@@H](C(=O)O)[C@H](C(=O)O)[C@@H]1C(=O)N(CCC)Cc1cccc(Oc2ccccc2)c1. The van der Waals surface area contributed by atoms with Crippen LogP contribution in [0.25, 0.3) is 0 Å². The van der Waals surface area contributed by atoms with Crippen molar-refractivity contribution in [3.05, 3.63) is 120 Å². The highest BCUT2D eigenvalue weighted by Gasteiger charge is 2.64. The number of ether oxygens (including phenoxy) is 2. The summed E-state index contributed by atoms with van der Waals surface area (Å²) in [6, 6.07) is 33.0. The predicted octanol–water partition coefficient (Wildman–Crippen LogP) is 7.10. The molecule has 260 valence electrons. The molecule has 2 amide bonds. The van der Waals surface area contributed by atoms with Gasteiger partial charge >= 0.3 is 11.9 Å². The molecule has 5 rings (SSSR count). The number of hydrogen-bond acceptors (Lipinski definition) is 6. The third kappa shape index (κ3) is 8.49. The molecular formula is C40H42N2O8. The standard InChI is InChI=1S/C40H42N2O8/c1-3-21-41(25-27-13-11-19-31(23-27)49-29-15-7-5-8-16-29)37(43)33-34(36(40(47)48)35(33)39(45)46)38(44)42(22-4-2)26-28-14-12-20-32(24-28)50-30-17-9-6-10-18-30/h5-20,23-24,33-36H,3-4,21-22,25-26H2,1-2H3,(H,45,46)(H,47,48)/t33-,34-,35-,36-/m1/s1. The predicted molar refractivity (Wildman–Crippen MR) is 187 cm³/mol. The van der Waals surface area contributed by atoms with Crippen molar-refractivity contribution >= 4 is 23.8 Å². The largest absolute Gasteiger partial charge is 0.481 e. The second kappa shape index (κ2) is 16.6. The van der Waals surface area contributed by atoms with Crippen LogP contribution in [-0.2, 0) is 32.3 Å². The first-order valence-electron chi connectivity index (χ1n) is 16.9. The lowest BCUT2D eigenvalue weighted by molar-refractivity contribution is -0.187. The maximum absolute atomic E-state index is 14.3. The molecule has 4 aromatic carbocycles. The lowest BCUT2D eigenvalue weighted by Crippen LogP contribution is -2.64. The molecule has 1 aliphatic rings. The Hall–Kier alpha value is -5.64. The van der Waals surface area contributed by atoms with Crippen LogP contribution in [0.2, 0.25) is 0 Å². The summed E-state index contributed by atoms with van der Waals surface area (Å²) >= 11 is 0. The number of carbonyl (C=O) groups excluding carboxylic acids is 2. The summed E-state index contributed by atoms with van der Waals surface area (Å²) < 4.78 is 11.9. The van der Waals surface area contributed by atoms with Gasteiger partial charge < -0.3 is 29.5 Å². The molecule has 0 spiro atoms.